The van der Waals surface area contributed by atoms with Crippen LogP contribution < -0.4 is 14.8 Å². The molecule has 8 heteroatoms. The molecule has 1 heterocycles. The molecule has 8 nitrogen and oxygen atoms in total. The number of ether oxygens (including phenoxy) is 3. The average Bonchev–Trinajstić information content (AvgIpc) is 3.26. The van der Waals surface area contributed by atoms with E-state index in [-0.39, 0.29) is 17.3 Å². The van der Waals surface area contributed by atoms with E-state index in [9.17, 15) is 14.4 Å². The maximum Gasteiger partial charge on any atom is 0.329 e. The van der Waals surface area contributed by atoms with Crippen LogP contribution >= 0.6 is 0 Å². The van der Waals surface area contributed by atoms with Crippen molar-refractivity contribution >= 4 is 28.6 Å². The summed E-state index contributed by atoms with van der Waals surface area (Å²) in [5.41, 5.74) is 3.28. The number of aryl methyl sites for hydroxylation is 1. The van der Waals surface area contributed by atoms with Gasteiger partial charge in [-0.3, -0.25) is 9.59 Å². The molecule has 1 N–H and O–H groups in total. The molecular weight excluding hydrogens is 496 g/mol. The van der Waals surface area contributed by atoms with Crippen molar-refractivity contribution in [3.05, 3.63) is 83.9 Å². The second-order valence-electron chi connectivity index (χ2n) is 9.49. The number of ketones is 1. The zero-order chi connectivity index (χ0) is 28.1. The van der Waals surface area contributed by atoms with E-state index >= 15 is 0 Å². The molecule has 0 unspecified atom stereocenters. The van der Waals surface area contributed by atoms with Crippen LogP contribution in [-0.4, -0.2) is 49.1 Å². The average molecular weight is 529 g/mol. The lowest BCUT2D eigenvalue weighted by molar-refractivity contribution is -0.145. The molecule has 3 aromatic carbocycles. The van der Waals surface area contributed by atoms with E-state index in [1.54, 1.807) is 32.0 Å². The topological polar surface area (TPSA) is 95.9 Å². The minimum atomic E-state index is -0.969. The summed E-state index contributed by atoms with van der Waals surface area (Å²) in [4.78, 5) is 39.7. The van der Waals surface area contributed by atoms with Gasteiger partial charge in [0.15, 0.2) is 6.61 Å². The Balaban J connectivity index is 1.55. The summed E-state index contributed by atoms with van der Waals surface area (Å²) >= 11 is 0. The van der Waals surface area contributed by atoms with E-state index in [4.69, 9.17) is 14.2 Å². The van der Waals surface area contributed by atoms with Crippen LogP contribution in [0.3, 0.4) is 0 Å². The fourth-order valence-electron chi connectivity index (χ4n) is 4.57. The number of nitrogens with one attached hydrogen (secondary N) is 1. The minimum absolute atomic E-state index is 0.268. The number of benzene rings is 3. The van der Waals surface area contributed by atoms with Crippen LogP contribution in [0.1, 0.15) is 34.6 Å². The molecule has 0 fully saturated rings. The number of nitrogens with zero attached hydrogens (tertiary/aromatic N) is 1. The highest BCUT2D eigenvalue weighted by Gasteiger charge is 2.29. The van der Waals surface area contributed by atoms with Crippen LogP contribution in [0.2, 0.25) is 0 Å². The summed E-state index contributed by atoms with van der Waals surface area (Å²) in [6.45, 7) is 3.12. The maximum absolute atomic E-state index is 13.5. The molecule has 0 aliphatic rings. The van der Waals surface area contributed by atoms with E-state index in [2.05, 4.69) is 5.32 Å². The van der Waals surface area contributed by atoms with Gasteiger partial charge in [0.2, 0.25) is 5.78 Å². The number of esters is 1. The molecule has 0 saturated carbocycles. The van der Waals surface area contributed by atoms with Crippen molar-refractivity contribution in [2.45, 2.75) is 19.9 Å². The van der Waals surface area contributed by atoms with Gasteiger partial charge in [0, 0.05) is 29.6 Å². The Kier molecular flexibility index (Phi) is 8.34. The number of para-hydroxylation sites is 1. The Morgan fingerprint density at radius 2 is 1.49 bits per heavy atom. The number of amides is 1. The molecular formula is C31H32N2O6. The van der Waals surface area contributed by atoms with Crippen molar-refractivity contribution in [3.8, 4) is 22.8 Å². The predicted octanol–water partition coefficient (Wildman–Crippen LogP) is 5.04. The molecule has 39 heavy (non-hydrogen) atoms. The summed E-state index contributed by atoms with van der Waals surface area (Å²) in [7, 11) is 4.88. The quantitative estimate of drug-likeness (QED) is 0.229. The molecule has 1 aromatic heterocycles. The highest BCUT2D eigenvalue weighted by Crippen LogP contribution is 2.33. The van der Waals surface area contributed by atoms with Crippen molar-refractivity contribution in [1.29, 1.82) is 0 Å². The summed E-state index contributed by atoms with van der Waals surface area (Å²) in [6.07, 6.45) is 0. The van der Waals surface area contributed by atoms with Crippen molar-refractivity contribution in [2.75, 3.05) is 20.8 Å². The van der Waals surface area contributed by atoms with Gasteiger partial charge in [-0.25, -0.2) is 4.79 Å². The fraction of sp³-hybridized carbons (Fsp3) is 0.258. The van der Waals surface area contributed by atoms with Crippen molar-refractivity contribution in [1.82, 2.24) is 9.88 Å². The SMILES string of the molecule is COc1cc(OC)cc(C(=O)N[C@H](C(=O)OCC(=O)c2c(-c3ccccc3)n(C)c3ccccc23)C(C)C)c1. The van der Waals surface area contributed by atoms with Gasteiger partial charge in [0.25, 0.3) is 5.91 Å². The summed E-state index contributed by atoms with van der Waals surface area (Å²) < 4.78 is 17.9. The van der Waals surface area contributed by atoms with E-state index < -0.39 is 24.5 Å². The molecule has 1 amide bonds. The summed E-state index contributed by atoms with van der Waals surface area (Å²) in [6, 6.07) is 21.0. The summed E-state index contributed by atoms with van der Waals surface area (Å²) in [5, 5.41) is 3.51. The lowest BCUT2D eigenvalue weighted by Crippen LogP contribution is -2.45. The van der Waals surface area contributed by atoms with Gasteiger partial charge >= 0.3 is 5.97 Å². The minimum Gasteiger partial charge on any atom is -0.497 e. The van der Waals surface area contributed by atoms with Gasteiger partial charge in [-0.15, -0.1) is 0 Å². The molecule has 1 atom stereocenters. The van der Waals surface area contributed by atoms with Crippen molar-refractivity contribution < 1.29 is 28.6 Å². The number of carbonyl (C=O) groups is 3. The Morgan fingerprint density at radius 3 is 2.10 bits per heavy atom. The van der Waals surface area contributed by atoms with Crippen LogP contribution in [0, 0.1) is 5.92 Å². The number of aromatic nitrogens is 1. The van der Waals surface area contributed by atoms with Gasteiger partial charge < -0.3 is 24.1 Å². The first-order valence-electron chi connectivity index (χ1n) is 12.6. The monoisotopic (exact) mass is 528 g/mol. The fourth-order valence-corrected chi connectivity index (χ4v) is 4.57. The standard InChI is InChI=1S/C31H32N2O6/c1-19(2)28(32-30(35)21-15-22(37-4)17-23(16-21)38-5)31(36)39-18-26(34)27-24-13-9-10-14-25(24)33(3)29(27)20-11-7-6-8-12-20/h6-17,19,28H,18H2,1-5H3,(H,32,35)/t28-/m0/s1. The molecule has 4 rings (SSSR count). The first kappa shape index (κ1) is 27.4. The lowest BCUT2D eigenvalue weighted by Gasteiger charge is -2.21. The number of fused-ring (bicyclic) bond motifs is 1. The Morgan fingerprint density at radius 1 is 0.872 bits per heavy atom. The Labute approximate surface area is 227 Å². The molecule has 4 aromatic rings. The molecule has 0 spiro atoms. The van der Waals surface area contributed by atoms with Crippen LogP contribution in [0.4, 0.5) is 0 Å². The smallest absolute Gasteiger partial charge is 0.329 e. The van der Waals surface area contributed by atoms with Gasteiger partial charge in [0.1, 0.15) is 17.5 Å². The zero-order valence-electron chi connectivity index (χ0n) is 22.7. The number of hydrogen-bond donors (Lipinski definition) is 1. The number of methoxy groups -OCH3 is 2. The number of hydrogen-bond acceptors (Lipinski definition) is 6. The van der Waals surface area contributed by atoms with Crippen molar-refractivity contribution in [3.63, 3.8) is 0 Å². The van der Waals surface area contributed by atoms with Crippen LogP contribution in [0.5, 0.6) is 11.5 Å². The third-order valence-corrected chi connectivity index (χ3v) is 6.60. The first-order chi connectivity index (χ1) is 18.7. The van der Waals surface area contributed by atoms with Crippen LogP contribution in [-0.2, 0) is 16.6 Å². The lowest BCUT2D eigenvalue weighted by atomic mass is 10.0. The second kappa shape index (κ2) is 11.9. The van der Waals surface area contributed by atoms with E-state index in [1.807, 2.05) is 66.2 Å². The molecule has 202 valence electrons. The number of Topliss-reactive ketones (excluding diaryl/α,β-unsaturated/α-hetero) is 1. The third kappa shape index (κ3) is 5.80. The van der Waals surface area contributed by atoms with Gasteiger partial charge in [-0.05, 0) is 29.7 Å². The van der Waals surface area contributed by atoms with Gasteiger partial charge in [0.05, 0.1) is 25.5 Å². The van der Waals surface area contributed by atoms with Crippen LogP contribution in [0.15, 0.2) is 72.8 Å². The Bertz CT molecular complexity index is 1480. The predicted molar refractivity (Wildman–Crippen MR) is 149 cm³/mol. The number of rotatable bonds is 10. The second-order valence-corrected chi connectivity index (χ2v) is 9.49. The van der Waals surface area contributed by atoms with E-state index in [0.717, 1.165) is 22.2 Å². The molecule has 0 aliphatic carbocycles. The van der Waals surface area contributed by atoms with Crippen LogP contribution in [0.25, 0.3) is 22.2 Å². The molecule has 0 saturated heterocycles. The molecule has 0 aliphatic heterocycles. The highest BCUT2D eigenvalue weighted by molar-refractivity contribution is 6.14. The Hall–Kier alpha value is -4.59. The van der Waals surface area contributed by atoms with Gasteiger partial charge in [-0.1, -0.05) is 62.4 Å². The maximum atomic E-state index is 13.5. The number of carbonyl (C=O) groups excluding carboxylic acids is 3. The molecule has 0 bridgehead atoms. The first-order valence-corrected chi connectivity index (χ1v) is 12.6. The normalized spacial score (nSPS) is 11.7. The van der Waals surface area contributed by atoms with Crippen molar-refractivity contribution in [2.24, 2.45) is 13.0 Å². The molecule has 0 radical (unpaired) electrons. The largest absolute Gasteiger partial charge is 0.497 e. The van der Waals surface area contributed by atoms with E-state index in [0.29, 0.717) is 17.1 Å². The summed E-state index contributed by atoms with van der Waals surface area (Å²) in [5.74, 6) is -0.916. The van der Waals surface area contributed by atoms with Gasteiger partial charge in [-0.2, -0.15) is 0 Å². The highest BCUT2D eigenvalue weighted by atomic mass is 16.5. The zero-order valence-corrected chi connectivity index (χ0v) is 22.7. The third-order valence-electron chi connectivity index (χ3n) is 6.60. The van der Waals surface area contributed by atoms with E-state index in [1.165, 1.54) is 14.2 Å².